The Bertz CT molecular complexity index is 679. The van der Waals surface area contributed by atoms with Gasteiger partial charge in [-0.05, 0) is 81.5 Å². The Morgan fingerprint density at radius 3 is 2.17 bits per heavy atom. The molecule has 1 unspecified atom stereocenters. The second-order valence-corrected chi connectivity index (χ2v) is 7.26. The minimum Gasteiger partial charge on any atom is -0.493 e. The second-order valence-electron chi connectivity index (χ2n) is 7.26. The molecule has 160 valence electrons. The lowest BCUT2D eigenvalue weighted by Crippen LogP contribution is -2.24. The minimum atomic E-state index is -0.230. The van der Waals surface area contributed by atoms with E-state index in [1.807, 2.05) is 18.2 Å². The molecule has 0 heterocycles. The van der Waals surface area contributed by atoms with Gasteiger partial charge in [-0.2, -0.15) is 0 Å². The Morgan fingerprint density at radius 1 is 0.759 bits per heavy atom. The molecule has 0 amide bonds. The third kappa shape index (κ3) is 9.31. The molecule has 2 aromatic rings. The van der Waals surface area contributed by atoms with E-state index in [1.54, 1.807) is 14.2 Å². The van der Waals surface area contributed by atoms with Crippen molar-refractivity contribution in [2.24, 2.45) is 0 Å². The van der Waals surface area contributed by atoms with Crippen molar-refractivity contribution in [1.82, 2.24) is 10.6 Å². The summed E-state index contributed by atoms with van der Waals surface area (Å²) in [6, 6.07) is 16.5. The van der Waals surface area contributed by atoms with Crippen LogP contribution in [0.25, 0.3) is 0 Å². The van der Waals surface area contributed by atoms with Crippen LogP contribution in [0.1, 0.15) is 30.4 Å². The molecule has 0 aliphatic heterocycles. The summed E-state index contributed by atoms with van der Waals surface area (Å²) in [5.41, 5.74) is 2.57. The normalized spacial score (nSPS) is 12.0. The van der Waals surface area contributed by atoms with Crippen molar-refractivity contribution in [3.05, 3.63) is 59.7 Å². The van der Waals surface area contributed by atoms with Crippen LogP contribution in [0.5, 0.6) is 11.5 Å². The van der Waals surface area contributed by atoms with E-state index in [1.165, 1.54) is 11.1 Å². The number of hydrogen-bond acceptors (Lipinski definition) is 5. The zero-order chi connectivity index (χ0) is 20.7. The van der Waals surface area contributed by atoms with E-state index in [0.29, 0.717) is 0 Å². The Morgan fingerprint density at radius 2 is 1.45 bits per heavy atom. The van der Waals surface area contributed by atoms with Crippen LogP contribution in [0.2, 0.25) is 0 Å². The number of rotatable bonds is 15. The third-order valence-corrected chi connectivity index (χ3v) is 5.02. The molecule has 3 N–H and O–H groups in total. The summed E-state index contributed by atoms with van der Waals surface area (Å²) in [5, 5.41) is 17.0. The summed E-state index contributed by atoms with van der Waals surface area (Å²) in [4.78, 5) is 0. The van der Waals surface area contributed by atoms with E-state index >= 15 is 0 Å². The van der Waals surface area contributed by atoms with E-state index in [2.05, 4.69) is 41.0 Å². The van der Waals surface area contributed by atoms with Gasteiger partial charge in [-0.1, -0.05) is 36.4 Å². The number of aliphatic hydroxyl groups excluding tert-OH is 1. The molecule has 5 heteroatoms. The fourth-order valence-electron chi connectivity index (χ4n) is 3.27. The largest absolute Gasteiger partial charge is 0.493 e. The maximum atomic E-state index is 10.1. The fourth-order valence-corrected chi connectivity index (χ4v) is 3.27. The van der Waals surface area contributed by atoms with Crippen molar-refractivity contribution in [3.63, 3.8) is 0 Å². The maximum absolute atomic E-state index is 10.1. The average Bonchev–Trinajstić information content (AvgIpc) is 2.76. The lowest BCUT2D eigenvalue weighted by atomic mass is 10.1. The van der Waals surface area contributed by atoms with E-state index in [0.717, 1.165) is 69.8 Å². The van der Waals surface area contributed by atoms with Crippen molar-refractivity contribution in [2.45, 2.75) is 38.2 Å². The molecule has 2 rings (SSSR count). The average molecular weight is 401 g/mol. The topological polar surface area (TPSA) is 62.8 Å². The minimum absolute atomic E-state index is 0.230. The van der Waals surface area contributed by atoms with Crippen LogP contribution >= 0.6 is 0 Å². The van der Waals surface area contributed by atoms with Gasteiger partial charge >= 0.3 is 0 Å². The number of ether oxygens (including phenoxy) is 2. The van der Waals surface area contributed by atoms with E-state index in [-0.39, 0.29) is 6.10 Å². The monoisotopic (exact) mass is 400 g/mol. The van der Waals surface area contributed by atoms with Gasteiger partial charge in [0.25, 0.3) is 0 Å². The summed E-state index contributed by atoms with van der Waals surface area (Å²) >= 11 is 0. The summed E-state index contributed by atoms with van der Waals surface area (Å²) < 4.78 is 10.6. The molecular formula is C24H36N2O3. The molecule has 0 aromatic heterocycles. The zero-order valence-corrected chi connectivity index (χ0v) is 17.8. The standard InChI is InChI=1S/C24H36N2O3/c1-28-23-11-10-21(19-24(23)29-2)13-17-25-15-6-9-22(27)14-18-26-16-12-20-7-4-3-5-8-20/h3-5,7-8,10-11,19,22,25-27H,6,9,12-18H2,1-2H3. The number of nitrogens with one attached hydrogen (secondary N) is 2. The molecule has 0 radical (unpaired) electrons. The van der Waals surface area contributed by atoms with Crippen LogP contribution < -0.4 is 20.1 Å². The Labute approximate surface area is 175 Å². The highest BCUT2D eigenvalue weighted by Crippen LogP contribution is 2.27. The summed E-state index contributed by atoms with van der Waals surface area (Å²) in [5.74, 6) is 1.53. The van der Waals surface area contributed by atoms with Crippen LogP contribution in [-0.4, -0.2) is 51.6 Å². The lowest BCUT2D eigenvalue weighted by molar-refractivity contribution is 0.151. The van der Waals surface area contributed by atoms with Gasteiger partial charge in [-0.15, -0.1) is 0 Å². The molecule has 2 aromatic carbocycles. The third-order valence-electron chi connectivity index (χ3n) is 5.02. The first-order chi connectivity index (χ1) is 14.2. The Kier molecular flexibility index (Phi) is 11.2. The predicted molar refractivity (Wildman–Crippen MR) is 119 cm³/mol. The molecule has 0 spiro atoms. The Balaban J connectivity index is 1.46. The van der Waals surface area contributed by atoms with Gasteiger partial charge in [-0.25, -0.2) is 0 Å². The zero-order valence-electron chi connectivity index (χ0n) is 17.8. The maximum Gasteiger partial charge on any atom is 0.160 e. The highest BCUT2D eigenvalue weighted by molar-refractivity contribution is 5.42. The van der Waals surface area contributed by atoms with Crippen LogP contribution in [0, 0.1) is 0 Å². The van der Waals surface area contributed by atoms with Gasteiger partial charge in [0.1, 0.15) is 0 Å². The summed E-state index contributed by atoms with van der Waals surface area (Å²) in [6.07, 6.45) is 4.36. The molecule has 0 saturated carbocycles. The summed E-state index contributed by atoms with van der Waals surface area (Å²) in [7, 11) is 3.30. The molecular weight excluding hydrogens is 364 g/mol. The lowest BCUT2D eigenvalue weighted by Gasteiger charge is -2.12. The SMILES string of the molecule is COc1ccc(CCNCCCC(O)CCNCCc2ccccc2)cc1OC. The first kappa shape index (κ1) is 23.2. The van der Waals surface area contributed by atoms with Crippen LogP contribution in [0.3, 0.4) is 0 Å². The quantitative estimate of drug-likeness (QED) is 0.401. The smallest absolute Gasteiger partial charge is 0.160 e. The van der Waals surface area contributed by atoms with Crippen LogP contribution in [0.15, 0.2) is 48.5 Å². The molecule has 0 saturated heterocycles. The van der Waals surface area contributed by atoms with E-state index in [4.69, 9.17) is 9.47 Å². The summed E-state index contributed by atoms with van der Waals surface area (Å²) in [6.45, 7) is 3.65. The van der Waals surface area contributed by atoms with Gasteiger partial charge in [0.2, 0.25) is 0 Å². The van der Waals surface area contributed by atoms with Crippen LogP contribution in [-0.2, 0) is 12.8 Å². The molecule has 0 bridgehead atoms. The van der Waals surface area contributed by atoms with Gasteiger partial charge in [0.05, 0.1) is 20.3 Å². The molecule has 29 heavy (non-hydrogen) atoms. The molecule has 5 nitrogen and oxygen atoms in total. The van der Waals surface area contributed by atoms with Gasteiger partial charge in [-0.3, -0.25) is 0 Å². The van der Waals surface area contributed by atoms with E-state index in [9.17, 15) is 5.11 Å². The Hall–Kier alpha value is -2.08. The van der Waals surface area contributed by atoms with Crippen molar-refractivity contribution < 1.29 is 14.6 Å². The number of aliphatic hydroxyl groups is 1. The fraction of sp³-hybridized carbons (Fsp3) is 0.500. The molecule has 0 aliphatic rings. The first-order valence-corrected chi connectivity index (χ1v) is 10.6. The predicted octanol–water partition coefficient (Wildman–Crippen LogP) is 3.20. The second kappa shape index (κ2) is 14.0. The van der Waals surface area contributed by atoms with Gasteiger partial charge in [0, 0.05) is 0 Å². The number of methoxy groups -OCH3 is 2. The number of benzene rings is 2. The first-order valence-electron chi connectivity index (χ1n) is 10.6. The van der Waals surface area contributed by atoms with E-state index < -0.39 is 0 Å². The highest BCUT2D eigenvalue weighted by Gasteiger charge is 2.05. The van der Waals surface area contributed by atoms with Crippen LogP contribution in [0.4, 0.5) is 0 Å². The van der Waals surface area contributed by atoms with Gasteiger partial charge < -0.3 is 25.2 Å². The van der Waals surface area contributed by atoms with Crippen molar-refractivity contribution in [2.75, 3.05) is 40.4 Å². The molecule has 0 fully saturated rings. The highest BCUT2D eigenvalue weighted by atomic mass is 16.5. The molecule has 1 atom stereocenters. The molecule has 0 aliphatic carbocycles. The van der Waals surface area contributed by atoms with Crippen molar-refractivity contribution in [3.8, 4) is 11.5 Å². The van der Waals surface area contributed by atoms with Crippen molar-refractivity contribution in [1.29, 1.82) is 0 Å². The number of hydrogen-bond donors (Lipinski definition) is 3. The van der Waals surface area contributed by atoms with Crippen molar-refractivity contribution >= 4 is 0 Å². The van der Waals surface area contributed by atoms with Gasteiger partial charge in [0.15, 0.2) is 11.5 Å².